The fourth-order valence-electron chi connectivity index (χ4n) is 2.48. The number of hydrogen-bond acceptors (Lipinski definition) is 6. The van der Waals surface area contributed by atoms with Crippen LogP contribution in [0.4, 0.5) is 0 Å². The normalized spacial score (nSPS) is 16.7. The molecular formula is C15H17N3O4S. The van der Waals surface area contributed by atoms with Gasteiger partial charge in [0.25, 0.3) is 5.91 Å². The van der Waals surface area contributed by atoms with Crippen molar-refractivity contribution in [2.75, 3.05) is 0 Å². The average molecular weight is 335 g/mol. The van der Waals surface area contributed by atoms with Crippen LogP contribution in [0.1, 0.15) is 41.5 Å². The summed E-state index contributed by atoms with van der Waals surface area (Å²) in [6.45, 7) is 3.82. The van der Waals surface area contributed by atoms with Crippen molar-refractivity contribution in [2.45, 2.75) is 32.6 Å². The molecule has 0 atom stereocenters. The van der Waals surface area contributed by atoms with Crippen LogP contribution in [-0.2, 0) is 28.7 Å². The number of sulfonamides is 1. The van der Waals surface area contributed by atoms with Crippen LogP contribution in [0.3, 0.4) is 0 Å². The number of hydrogen-bond donors (Lipinski definition) is 0. The number of rotatable bonds is 4. The Kier molecular flexibility index (Phi) is 3.93. The summed E-state index contributed by atoms with van der Waals surface area (Å²) in [7, 11) is -3.74. The molecule has 1 aromatic carbocycles. The fourth-order valence-corrected chi connectivity index (χ4v) is 3.94. The first kappa shape index (κ1) is 15.7. The zero-order chi connectivity index (χ0) is 16.6. The van der Waals surface area contributed by atoms with Crippen LogP contribution in [0.2, 0.25) is 0 Å². The summed E-state index contributed by atoms with van der Waals surface area (Å²) in [4.78, 5) is 16.6. The Hall–Kier alpha value is -2.22. The molecule has 0 fully saturated rings. The van der Waals surface area contributed by atoms with Crippen molar-refractivity contribution in [1.82, 2.24) is 14.4 Å². The van der Waals surface area contributed by atoms with Crippen LogP contribution < -0.4 is 0 Å². The van der Waals surface area contributed by atoms with Gasteiger partial charge in [-0.2, -0.15) is 4.98 Å². The molecule has 122 valence electrons. The second-order valence-corrected chi connectivity index (χ2v) is 7.82. The highest BCUT2D eigenvalue weighted by Crippen LogP contribution is 2.25. The predicted molar refractivity (Wildman–Crippen MR) is 81.8 cm³/mol. The quantitative estimate of drug-likeness (QED) is 0.845. The van der Waals surface area contributed by atoms with Gasteiger partial charge >= 0.3 is 0 Å². The molecule has 0 spiro atoms. The number of fused-ring (bicyclic) bond motifs is 1. The molecule has 2 heterocycles. The lowest BCUT2D eigenvalue weighted by molar-refractivity contribution is 0.0846. The molecule has 3 rings (SSSR count). The molecule has 1 aliphatic rings. The summed E-state index contributed by atoms with van der Waals surface area (Å²) in [6.07, 6.45) is 0.608. The third-order valence-corrected chi connectivity index (χ3v) is 5.17. The Morgan fingerprint density at radius 3 is 2.78 bits per heavy atom. The first-order chi connectivity index (χ1) is 10.9. The molecule has 0 saturated heterocycles. The number of amides is 1. The molecule has 1 amide bonds. The van der Waals surface area contributed by atoms with E-state index in [9.17, 15) is 13.2 Å². The molecule has 0 saturated carbocycles. The predicted octanol–water partition coefficient (Wildman–Crippen LogP) is 1.75. The Bertz CT molecular complexity index is 842. The Morgan fingerprint density at radius 1 is 1.30 bits per heavy atom. The van der Waals surface area contributed by atoms with Gasteiger partial charge in [-0.3, -0.25) is 4.79 Å². The van der Waals surface area contributed by atoms with Crippen LogP contribution in [0, 0.1) is 5.92 Å². The zero-order valence-electron chi connectivity index (χ0n) is 12.9. The lowest BCUT2D eigenvalue weighted by atomic mass is 10.1. The molecule has 0 aliphatic carbocycles. The van der Waals surface area contributed by atoms with E-state index in [4.69, 9.17) is 4.52 Å². The van der Waals surface area contributed by atoms with Crippen LogP contribution >= 0.6 is 0 Å². The van der Waals surface area contributed by atoms with E-state index in [1.807, 2.05) is 13.8 Å². The number of carbonyl (C=O) groups excluding carboxylic acids is 1. The summed E-state index contributed by atoms with van der Waals surface area (Å²) in [5, 5.41) is 3.77. The first-order valence-electron chi connectivity index (χ1n) is 7.31. The second kappa shape index (κ2) is 5.77. The summed E-state index contributed by atoms with van der Waals surface area (Å²) in [5.41, 5.74) is 0.913. The van der Waals surface area contributed by atoms with Crippen molar-refractivity contribution in [3.05, 3.63) is 47.1 Å². The molecule has 2 aromatic rings. The highest BCUT2D eigenvalue weighted by atomic mass is 32.2. The maximum Gasteiger partial charge on any atom is 0.268 e. The molecule has 0 bridgehead atoms. The van der Waals surface area contributed by atoms with Crippen molar-refractivity contribution in [3.63, 3.8) is 0 Å². The van der Waals surface area contributed by atoms with Gasteiger partial charge in [0.15, 0.2) is 5.82 Å². The van der Waals surface area contributed by atoms with Gasteiger partial charge < -0.3 is 4.52 Å². The van der Waals surface area contributed by atoms with Gasteiger partial charge in [0, 0.05) is 12.0 Å². The highest BCUT2D eigenvalue weighted by Gasteiger charge is 2.36. The maximum absolute atomic E-state index is 12.5. The molecule has 0 radical (unpaired) electrons. The van der Waals surface area contributed by atoms with Gasteiger partial charge in [0.05, 0.1) is 5.75 Å². The number of benzene rings is 1. The minimum Gasteiger partial charge on any atom is -0.339 e. The van der Waals surface area contributed by atoms with E-state index in [1.54, 1.807) is 24.3 Å². The Morgan fingerprint density at radius 2 is 2.04 bits per heavy atom. The highest BCUT2D eigenvalue weighted by molar-refractivity contribution is 7.89. The molecule has 0 N–H and O–H groups in total. The van der Waals surface area contributed by atoms with E-state index in [0.717, 1.165) is 4.31 Å². The minimum absolute atomic E-state index is 0.192. The van der Waals surface area contributed by atoms with E-state index in [2.05, 4.69) is 10.1 Å². The molecule has 1 aromatic heterocycles. The number of aromatic nitrogens is 2. The smallest absolute Gasteiger partial charge is 0.268 e. The molecule has 0 unspecified atom stereocenters. The van der Waals surface area contributed by atoms with Gasteiger partial charge in [0.2, 0.25) is 15.9 Å². The lowest BCUT2D eigenvalue weighted by Crippen LogP contribution is -2.41. The minimum atomic E-state index is -3.74. The van der Waals surface area contributed by atoms with Crippen molar-refractivity contribution in [1.29, 1.82) is 0 Å². The van der Waals surface area contributed by atoms with E-state index < -0.39 is 15.9 Å². The van der Waals surface area contributed by atoms with Crippen molar-refractivity contribution >= 4 is 15.9 Å². The summed E-state index contributed by atoms with van der Waals surface area (Å²) < 4.78 is 30.6. The SMILES string of the molecule is CC(C)Cc1nc(CN2C(=O)c3ccccc3CS2(=O)=O)no1. The van der Waals surface area contributed by atoms with Crippen LogP contribution in [0.15, 0.2) is 28.8 Å². The standard InChI is InChI=1S/C15H17N3O4S/c1-10(2)7-14-16-13(17-22-14)8-18-15(19)12-6-4-3-5-11(12)9-23(18,20)21/h3-6,10H,7-9H2,1-2H3. The monoisotopic (exact) mass is 335 g/mol. The molecule has 8 heteroatoms. The summed E-state index contributed by atoms with van der Waals surface area (Å²) in [6, 6.07) is 6.70. The van der Waals surface area contributed by atoms with Gasteiger partial charge in [-0.05, 0) is 17.5 Å². The average Bonchev–Trinajstić information content (AvgIpc) is 2.89. The summed E-state index contributed by atoms with van der Waals surface area (Å²) in [5.74, 6) is 0.220. The second-order valence-electron chi connectivity index (χ2n) is 5.93. The molecule has 7 nitrogen and oxygen atoms in total. The Labute approximate surface area is 134 Å². The van der Waals surface area contributed by atoms with Gasteiger partial charge in [-0.1, -0.05) is 37.2 Å². The van der Waals surface area contributed by atoms with E-state index in [1.165, 1.54) is 0 Å². The Balaban J connectivity index is 1.87. The topological polar surface area (TPSA) is 93.4 Å². The van der Waals surface area contributed by atoms with E-state index >= 15 is 0 Å². The fraction of sp³-hybridized carbons (Fsp3) is 0.400. The van der Waals surface area contributed by atoms with Crippen LogP contribution in [-0.4, -0.2) is 28.8 Å². The van der Waals surface area contributed by atoms with Gasteiger partial charge in [0.1, 0.15) is 6.54 Å². The molecule has 1 aliphatic heterocycles. The largest absolute Gasteiger partial charge is 0.339 e. The number of carbonyl (C=O) groups is 1. The zero-order valence-corrected chi connectivity index (χ0v) is 13.7. The lowest BCUT2D eigenvalue weighted by Gasteiger charge is -2.26. The number of nitrogens with zero attached hydrogens (tertiary/aromatic N) is 3. The van der Waals surface area contributed by atoms with Crippen molar-refractivity contribution < 1.29 is 17.7 Å². The van der Waals surface area contributed by atoms with E-state index in [0.29, 0.717) is 29.4 Å². The maximum atomic E-state index is 12.5. The molecule has 23 heavy (non-hydrogen) atoms. The first-order valence-corrected chi connectivity index (χ1v) is 8.92. The third kappa shape index (κ3) is 3.12. The summed E-state index contributed by atoms with van der Waals surface area (Å²) >= 11 is 0. The van der Waals surface area contributed by atoms with Crippen molar-refractivity contribution in [2.24, 2.45) is 5.92 Å². The van der Waals surface area contributed by atoms with Crippen LogP contribution in [0.25, 0.3) is 0 Å². The third-order valence-electron chi connectivity index (χ3n) is 3.53. The van der Waals surface area contributed by atoms with Crippen molar-refractivity contribution in [3.8, 4) is 0 Å². The van der Waals surface area contributed by atoms with Gasteiger partial charge in [-0.15, -0.1) is 0 Å². The van der Waals surface area contributed by atoms with Crippen LogP contribution in [0.5, 0.6) is 0 Å². The molecular weight excluding hydrogens is 318 g/mol. The van der Waals surface area contributed by atoms with Gasteiger partial charge in [-0.25, -0.2) is 12.7 Å². The van der Waals surface area contributed by atoms with E-state index in [-0.39, 0.29) is 18.1 Å².